The highest BCUT2D eigenvalue weighted by molar-refractivity contribution is 6.31. The molecular formula is C11H7ClF3N3O. The van der Waals surface area contributed by atoms with Crippen molar-refractivity contribution in [1.29, 1.82) is 0 Å². The SMILES string of the molecule is Cc1c(C=O)nnn1-c1ccc(Cl)c(C(F)(F)F)c1. The molecule has 0 fully saturated rings. The van der Waals surface area contributed by atoms with Gasteiger partial charge in [-0.15, -0.1) is 5.10 Å². The van der Waals surface area contributed by atoms with Gasteiger partial charge in [-0.1, -0.05) is 16.8 Å². The monoisotopic (exact) mass is 289 g/mol. The molecule has 2 rings (SSSR count). The second-order valence-corrected chi connectivity index (χ2v) is 4.16. The van der Waals surface area contributed by atoms with E-state index in [0.29, 0.717) is 12.0 Å². The maximum absolute atomic E-state index is 12.7. The zero-order valence-corrected chi connectivity index (χ0v) is 10.3. The Balaban J connectivity index is 2.58. The Morgan fingerprint density at radius 3 is 2.58 bits per heavy atom. The molecule has 0 unspecified atom stereocenters. The number of aldehydes is 1. The van der Waals surface area contributed by atoms with Crippen molar-refractivity contribution in [2.45, 2.75) is 13.1 Å². The molecule has 4 nitrogen and oxygen atoms in total. The van der Waals surface area contributed by atoms with Crippen LogP contribution in [0.4, 0.5) is 13.2 Å². The molecule has 0 N–H and O–H groups in total. The summed E-state index contributed by atoms with van der Waals surface area (Å²) in [6.45, 7) is 1.53. The van der Waals surface area contributed by atoms with Crippen LogP contribution in [0.15, 0.2) is 18.2 Å². The van der Waals surface area contributed by atoms with Gasteiger partial charge in [-0.2, -0.15) is 13.2 Å². The van der Waals surface area contributed by atoms with E-state index in [1.54, 1.807) is 0 Å². The Kier molecular flexibility index (Phi) is 3.32. The Labute approximate surface area is 110 Å². The molecule has 0 spiro atoms. The lowest BCUT2D eigenvalue weighted by molar-refractivity contribution is -0.137. The highest BCUT2D eigenvalue weighted by Crippen LogP contribution is 2.35. The van der Waals surface area contributed by atoms with E-state index in [1.807, 2.05) is 0 Å². The fraction of sp³-hybridized carbons (Fsp3) is 0.182. The van der Waals surface area contributed by atoms with Gasteiger partial charge in [0.2, 0.25) is 0 Å². The molecule has 1 aromatic carbocycles. The zero-order valence-electron chi connectivity index (χ0n) is 9.57. The van der Waals surface area contributed by atoms with Gasteiger partial charge in [0, 0.05) is 0 Å². The van der Waals surface area contributed by atoms with E-state index in [2.05, 4.69) is 10.3 Å². The van der Waals surface area contributed by atoms with Crippen molar-refractivity contribution in [3.8, 4) is 5.69 Å². The highest BCUT2D eigenvalue weighted by atomic mass is 35.5. The van der Waals surface area contributed by atoms with Crippen molar-refractivity contribution in [2.24, 2.45) is 0 Å². The van der Waals surface area contributed by atoms with E-state index in [9.17, 15) is 18.0 Å². The summed E-state index contributed by atoms with van der Waals surface area (Å²) in [5, 5.41) is 6.79. The van der Waals surface area contributed by atoms with Gasteiger partial charge < -0.3 is 0 Å². The molecule has 19 heavy (non-hydrogen) atoms. The smallest absolute Gasteiger partial charge is 0.296 e. The molecule has 0 aliphatic carbocycles. The van der Waals surface area contributed by atoms with Crippen LogP contribution in [0.3, 0.4) is 0 Å². The Hall–Kier alpha value is -1.89. The van der Waals surface area contributed by atoms with Crippen LogP contribution in [-0.4, -0.2) is 21.3 Å². The molecule has 2 aromatic rings. The minimum atomic E-state index is -4.56. The van der Waals surface area contributed by atoms with Gasteiger partial charge in [-0.3, -0.25) is 4.79 Å². The zero-order chi connectivity index (χ0) is 14.2. The van der Waals surface area contributed by atoms with E-state index in [0.717, 1.165) is 16.8 Å². The third-order valence-electron chi connectivity index (χ3n) is 2.54. The van der Waals surface area contributed by atoms with Gasteiger partial charge in [-0.25, -0.2) is 4.68 Å². The van der Waals surface area contributed by atoms with E-state index in [4.69, 9.17) is 11.6 Å². The Bertz CT molecular complexity index is 637. The molecule has 8 heteroatoms. The molecule has 0 aliphatic heterocycles. The fourth-order valence-electron chi connectivity index (χ4n) is 1.56. The first-order chi connectivity index (χ1) is 8.84. The second-order valence-electron chi connectivity index (χ2n) is 3.75. The summed E-state index contributed by atoms with van der Waals surface area (Å²) >= 11 is 5.52. The van der Waals surface area contributed by atoms with Gasteiger partial charge in [0.1, 0.15) is 5.69 Å². The fourth-order valence-corrected chi connectivity index (χ4v) is 1.78. The largest absolute Gasteiger partial charge is 0.417 e. The Morgan fingerprint density at radius 1 is 1.37 bits per heavy atom. The molecule has 0 bridgehead atoms. The van der Waals surface area contributed by atoms with Crippen LogP contribution in [0.25, 0.3) is 5.69 Å². The summed E-state index contributed by atoms with van der Waals surface area (Å²) in [7, 11) is 0. The van der Waals surface area contributed by atoms with Crippen LogP contribution in [0.5, 0.6) is 0 Å². The van der Waals surface area contributed by atoms with Crippen molar-refractivity contribution in [1.82, 2.24) is 15.0 Å². The summed E-state index contributed by atoms with van der Waals surface area (Å²) < 4.78 is 39.3. The van der Waals surface area contributed by atoms with Crippen LogP contribution < -0.4 is 0 Å². The third kappa shape index (κ3) is 2.46. The molecule has 0 radical (unpaired) electrons. The van der Waals surface area contributed by atoms with Crippen LogP contribution in [-0.2, 0) is 6.18 Å². The van der Waals surface area contributed by atoms with Gasteiger partial charge in [0.15, 0.2) is 6.29 Å². The highest BCUT2D eigenvalue weighted by Gasteiger charge is 2.33. The maximum atomic E-state index is 12.7. The number of carbonyl (C=O) groups excluding carboxylic acids is 1. The number of aromatic nitrogens is 3. The molecular weight excluding hydrogens is 283 g/mol. The molecule has 1 aromatic heterocycles. The molecule has 1 heterocycles. The average molecular weight is 290 g/mol. The third-order valence-corrected chi connectivity index (χ3v) is 2.87. The first-order valence-corrected chi connectivity index (χ1v) is 5.47. The molecule has 100 valence electrons. The lowest BCUT2D eigenvalue weighted by Crippen LogP contribution is -2.08. The summed E-state index contributed by atoms with van der Waals surface area (Å²) in [5.41, 5.74) is -0.405. The standard InChI is InChI=1S/C11H7ClF3N3O/c1-6-10(5-19)16-17-18(6)7-2-3-9(12)8(4-7)11(13,14)15/h2-5H,1H3. The van der Waals surface area contributed by atoms with Crippen LogP contribution in [0, 0.1) is 6.92 Å². The predicted octanol–water partition coefficient (Wildman–Crippen LogP) is 3.06. The van der Waals surface area contributed by atoms with Crippen LogP contribution in [0.1, 0.15) is 21.7 Å². The van der Waals surface area contributed by atoms with Crippen LogP contribution in [0.2, 0.25) is 5.02 Å². The topological polar surface area (TPSA) is 47.8 Å². The number of benzene rings is 1. The van der Waals surface area contributed by atoms with Crippen molar-refractivity contribution < 1.29 is 18.0 Å². The van der Waals surface area contributed by atoms with Crippen molar-refractivity contribution in [3.63, 3.8) is 0 Å². The predicted molar refractivity (Wildman–Crippen MR) is 61.5 cm³/mol. The van der Waals surface area contributed by atoms with Crippen LogP contribution >= 0.6 is 11.6 Å². The molecule has 0 saturated carbocycles. The number of alkyl halides is 3. The molecule has 0 amide bonds. The van der Waals surface area contributed by atoms with Gasteiger partial charge >= 0.3 is 6.18 Å². The average Bonchev–Trinajstić information content (AvgIpc) is 2.70. The first-order valence-electron chi connectivity index (χ1n) is 5.09. The molecule has 0 saturated heterocycles. The van der Waals surface area contributed by atoms with Gasteiger partial charge in [0.05, 0.1) is 22.0 Å². The number of halogens is 4. The number of hydrogen-bond donors (Lipinski definition) is 0. The lowest BCUT2D eigenvalue weighted by atomic mass is 10.2. The maximum Gasteiger partial charge on any atom is 0.417 e. The lowest BCUT2D eigenvalue weighted by Gasteiger charge is -2.11. The minimum absolute atomic E-state index is 0.0727. The number of carbonyl (C=O) groups is 1. The second kappa shape index (κ2) is 4.65. The first kappa shape index (κ1) is 13.5. The number of hydrogen-bond acceptors (Lipinski definition) is 3. The summed E-state index contributed by atoms with van der Waals surface area (Å²) in [6.07, 6.45) is -4.07. The van der Waals surface area contributed by atoms with Crippen molar-refractivity contribution in [2.75, 3.05) is 0 Å². The van der Waals surface area contributed by atoms with E-state index < -0.39 is 16.8 Å². The van der Waals surface area contributed by atoms with E-state index >= 15 is 0 Å². The number of nitrogens with zero attached hydrogens (tertiary/aromatic N) is 3. The van der Waals surface area contributed by atoms with Crippen molar-refractivity contribution >= 4 is 17.9 Å². The van der Waals surface area contributed by atoms with Gasteiger partial charge in [0.25, 0.3) is 0 Å². The number of rotatable bonds is 2. The normalized spacial score (nSPS) is 11.6. The van der Waals surface area contributed by atoms with Crippen molar-refractivity contribution in [3.05, 3.63) is 40.2 Å². The Morgan fingerprint density at radius 2 is 2.05 bits per heavy atom. The molecule has 0 aliphatic rings. The minimum Gasteiger partial charge on any atom is -0.296 e. The summed E-state index contributed by atoms with van der Waals surface area (Å²) in [5.74, 6) is 0. The van der Waals surface area contributed by atoms with E-state index in [1.165, 1.54) is 13.0 Å². The quantitative estimate of drug-likeness (QED) is 0.798. The molecule has 0 atom stereocenters. The summed E-state index contributed by atoms with van der Waals surface area (Å²) in [6, 6.07) is 3.36. The van der Waals surface area contributed by atoms with Gasteiger partial charge in [-0.05, 0) is 25.1 Å². The summed E-state index contributed by atoms with van der Waals surface area (Å²) in [4.78, 5) is 10.6. The van der Waals surface area contributed by atoms with E-state index in [-0.39, 0.29) is 11.4 Å².